The average Bonchev–Trinajstić information content (AvgIpc) is 2.33. The molecule has 3 heteroatoms. The smallest absolute Gasteiger partial charge is 0.0762 e. The van der Waals surface area contributed by atoms with Gasteiger partial charge in [-0.05, 0) is 49.8 Å². The molecule has 1 aromatic carbocycles. The van der Waals surface area contributed by atoms with Crippen molar-refractivity contribution in [3.05, 3.63) is 28.8 Å². The van der Waals surface area contributed by atoms with Gasteiger partial charge in [0.05, 0.1) is 16.8 Å². The minimum atomic E-state index is -0.469. The van der Waals surface area contributed by atoms with Crippen molar-refractivity contribution in [3.63, 3.8) is 0 Å². The van der Waals surface area contributed by atoms with E-state index in [4.69, 9.17) is 11.6 Å². The summed E-state index contributed by atoms with van der Waals surface area (Å²) in [5, 5.41) is 10.4. The van der Waals surface area contributed by atoms with E-state index in [-0.39, 0.29) is 0 Å². The molecule has 0 aliphatic carbocycles. The van der Waals surface area contributed by atoms with E-state index in [0.29, 0.717) is 17.9 Å². The van der Waals surface area contributed by atoms with Gasteiger partial charge in [-0.25, -0.2) is 0 Å². The van der Waals surface area contributed by atoms with E-state index < -0.39 is 6.10 Å². The molecule has 1 aliphatic rings. The van der Waals surface area contributed by atoms with Gasteiger partial charge in [0, 0.05) is 12.6 Å². The van der Waals surface area contributed by atoms with Gasteiger partial charge in [0.2, 0.25) is 0 Å². The van der Waals surface area contributed by atoms with Gasteiger partial charge in [0.1, 0.15) is 0 Å². The quantitative estimate of drug-likeness (QED) is 0.875. The van der Waals surface area contributed by atoms with Crippen LogP contribution in [-0.2, 0) is 0 Å². The zero-order chi connectivity index (χ0) is 14.2. The van der Waals surface area contributed by atoms with Gasteiger partial charge in [0.25, 0.3) is 0 Å². The molecule has 1 aromatic rings. The van der Waals surface area contributed by atoms with Gasteiger partial charge in [-0.15, -0.1) is 0 Å². The molecule has 3 unspecified atom stereocenters. The van der Waals surface area contributed by atoms with Gasteiger partial charge in [-0.2, -0.15) is 0 Å². The molecular weight excluding hydrogens is 258 g/mol. The first-order chi connectivity index (χ1) is 8.90. The highest BCUT2D eigenvalue weighted by molar-refractivity contribution is 6.33. The number of piperidine rings is 1. The lowest BCUT2D eigenvalue weighted by molar-refractivity contribution is 0.199. The second kappa shape index (κ2) is 5.72. The molecule has 1 saturated heterocycles. The molecule has 1 heterocycles. The number of aliphatic hydroxyl groups excluding tert-OH is 1. The first-order valence-corrected chi connectivity index (χ1v) is 7.52. The summed E-state index contributed by atoms with van der Waals surface area (Å²) in [6.45, 7) is 9.70. The largest absolute Gasteiger partial charge is 0.389 e. The maximum absolute atomic E-state index is 9.61. The summed E-state index contributed by atoms with van der Waals surface area (Å²) >= 11 is 6.41. The van der Waals surface area contributed by atoms with E-state index in [1.165, 1.54) is 6.42 Å². The third kappa shape index (κ3) is 3.06. The number of halogens is 1. The van der Waals surface area contributed by atoms with Crippen LogP contribution in [0.2, 0.25) is 5.02 Å². The van der Waals surface area contributed by atoms with Gasteiger partial charge in [-0.1, -0.05) is 31.5 Å². The van der Waals surface area contributed by atoms with E-state index in [1.54, 1.807) is 6.92 Å². The zero-order valence-corrected chi connectivity index (χ0v) is 13.0. The van der Waals surface area contributed by atoms with Crippen LogP contribution in [0.3, 0.4) is 0 Å². The molecule has 0 radical (unpaired) electrons. The fourth-order valence-corrected chi connectivity index (χ4v) is 3.35. The van der Waals surface area contributed by atoms with Crippen molar-refractivity contribution in [3.8, 4) is 0 Å². The topological polar surface area (TPSA) is 23.5 Å². The summed E-state index contributed by atoms with van der Waals surface area (Å²) in [5.41, 5.74) is 1.97. The monoisotopic (exact) mass is 281 g/mol. The fraction of sp³-hybridized carbons (Fsp3) is 0.625. The van der Waals surface area contributed by atoms with Crippen LogP contribution in [0.15, 0.2) is 18.2 Å². The zero-order valence-electron chi connectivity index (χ0n) is 12.2. The Morgan fingerprint density at radius 2 is 2.00 bits per heavy atom. The molecule has 1 fully saturated rings. The summed E-state index contributed by atoms with van der Waals surface area (Å²) in [7, 11) is 0. The maximum atomic E-state index is 9.61. The lowest BCUT2D eigenvalue weighted by Crippen LogP contribution is -2.46. The Balaban J connectivity index is 2.30. The van der Waals surface area contributed by atoms with Crippen molar-refractivity contribution in [2.75, 3.05) is 11.4 Å². The first-order valence-electron chi connectivity index (χ1n) is 7.14. The van der Waals surface area contributed by atoms with E-state index in [0.717, 1.165) is 22.8 Å². The van der Waals surface area contributed by atoms with Crippen LogP contribution in [0.5, 0.6) is 0 Å². The highest BCUT2D eigenvalue weighted by atomic mass is 35.5. The van der Waals surface area contributed by atoms with Crippen LogP contribution < -0.4 is 4.90 Å². The molecule has 2 rings (SSSR count). The number of anilines is 1. The maximum Gasteiger partial charge on any atom is 0.0762 e. The first kappa shape index (κ1) is 14.7. The summed E-state index contributed by atoms with van der Waals surface area (Å²) in [5.74, 6) is 1.37. The van der Waals surface area contributed by atoms with Crippen LogP contribution in [-0.4, -0.2) is 17.7 Å². The van der Waals surface area contributed by atoms with Gasteiger partial charge in [-0.3, -0.25) is 0 Å². The number of aliphatic hydroxyl groups is 1. The predicted molar refractivity (Wildman–Crippen MR) is 81.8 cm³/mol. The molecule has 4 atom stereocenters. The van der Waals surface area contributed by atoms with Crippen LogP contribution in [0.25, 0.3) is 0 Å². The van der Waals surface area contributed by atoms with Gasteiger partial charge in [0.15, 0.2) is 0 Å². The molecular formula is C16H24ClNO. The van der Waals surface area contributed by atoms with Crippen LogP contribution in [0, 0.1) is 11.8 Å². The van der Waals surface area contributed by atoms with E-state index in [2.05, 4.69) is 25.7 Å². The molecule has 0 aromatic heterocycles. The van der Waals surface area contributed by atoms with Crippen molar-refractivity contribution < 1.29 is 5.11 Å². The number of rotatable bonds is 2. The fourth-order valence-electron chi connectivity index (χ4n) is 3.05. The van der Waals surface area contributed by atoms with Crippen molar-refractivity contribution in [1.82, 2.24) is 0 Å². The Kier molecular flexibility index (Phi) is 4.42. The predicted octanol–water partition coefficient (Wildman–Crippen LogP) is 4.26. The molecule has 0 spiro atoms. The van der Waals surface area contributed by atoms with Crippen LogP contribution in [0.4, 0.5) is 5.69 Å². The molecule has 2 nitrogen and oxygen atoms in total. The van der Waals surface area contributed by atoms with Gasteiger partial charge < -0.3 is 10.0 Å². The SMILES string of the molecule is CC1CC(C)C(C)N(c2ccc([C@@H](C)O)cc2Cl)C1. The number of hydrogen-bond acceptors (Lipinski definition) is 2. The molecule has 0 bridgehead atoms. The minimum absolute atomic E-state index is 0.469. The lowest BCUT2D eigenvalue weighted by atomic mass is 9.85. The van der Waals surface area contributed by atoms with Crippen molar-refractivity contribution in [2.45, 2.75) is 46.3 Å². The highest BCUT2D eigenvalue weighted by Gasteiger charge is 2.29. The van der Waals surface area contributed by atoms with Crippen LogP contribution in [0.1, 0.15) is 45.8 Å². The molecule has 1 aliphatic heterocycles. The summed E-state index contributed by atoms with van der Waals surface area (Å²) in [4.78, 5) is 2.41. The van der Waals surface area contributed by atoms with Crippen molar-refractivity contribution in [1.29, 1.82) is 0 Å². The Morgan fingerprint density at radius 3 is 2.58 bits per heavy atom. The Morgan fingerprint density at radius 1 is 1.32 bits per heavy atom. The lowest BCUT2D eigenvalue weighted by Gasteiger charge is -2.43. The average molecular weight is 282 g/mol. The molecule has 0 amide bonds. The number of nitrogens with zero attached hydrogens (tertiary/aromatic N) is 1. The van der Waals surface area contributed by atoms with E-state index in [9.17, 15) is 5.11 Å². The normalized spacial score (nSPS) is 29.4. The molecule has 106 valence electrons. The summed E-state index contributed by atoms with van der Waals surface area (Å²) < 4.78 is 0. The number of benzene rings is 1. The molecule has 1 N–H and O–H groups in total. The van der Waals surface area contributed by atoms with Gasteiger partial charge >= 0.3 is 0 Å². The standard InChI is InChI=1S/C16H24ClNO/c1-10-7-11(2)12(3)18(9-10)16-6-5-14(13(4)19)8-15(16)17/h5-6,8,10-13,19H,7,9H2,1-4H3/t10?,11?,12?,13-/m1/s1. The summed E-state index contributed by atoms with van der Waals surface area (Å²) in [6.07, 6.45) is 0.810. The van der Waals surface area contributed by atoms with E-state index in [1.807, 2.05) is 18.2 Å². The van der Waals surface area contributed by atoms with Crippen molar-refractivity contribution >= 4 is 17.3 Å². The third-order valence-corrected chi connectivity index (χ3v) is 4.66. The number of hydrogen-bond donors (Lipinski definition) is 1. The highest BCUT2D eigenvalue weighted by Crippen LogP contribution is 2.36. The van der Waals surface area contributed by atoms with E-state index >= 15 is 0 Å². The minimum Gasteiger partial charge on any atom is -0.389 e. The van der Waals surface area contributed by atoms with Crippen LogP contribution >= 0.6 is 11.6 Å². The Hall–Kier alpha value is -0.730. The Labute approximate surface area is 121 Å². The van der Waals surface area contributed by atoms with Crippen molar-refractivity contribution in [2.24, 2.45) is 11.8 Å². The Bertz CT molecular complexity index is 446. The molecule has 19 heavy (non-hydrogen) atoms. The summed E-state index contributed by atoms with van der Waals surface area (Å²) in [6, 6.07) is 6.41. The second-order valence-corrected chi connectivity index (χ2v) is 6.51. The second-order valence-electron chi connectivity index (χ2n) is 6.10. The third-order valence-electron chi connectivity index (χ3n) is 4.36. The molecule has 0 saturated carbocycles.